The molecule has 0 saturated heterocycles. The van der Waals surface area contributed by atoms with Gasteiger partial charge in [0.2, 0.25) is 0 Å². The molecular weight excluding hydrogens is 350 g/mol. The van der Waals surface area contributed by atoms with Gasteiger partial charge in [-0.2, -0.15) is 16.9 Å². The molecule has 128 valence electrons. The van der Waals surface area contributed by atoms with Gasteiger partial charge in [-0.25, -0.2) is 4.68 Å². The molecule has 1 aliphatic rings. The quantitative estimate of drug-likeness (QED) is 0.717. The Bertz CT molecular complexity index is 971. The average Bonchev–Trinajstić information content (AvgIpc) is 3.25. The minimum absolute atomic E-state index is 0.0660. The maximum Gasteiger partial charge on any atom is 0.266 e. The number of fused-ring (bicyclic) bond motifs is 1. The number of anilines is 1. The smallest absolute Gasteiger partial charge is 0.266 e. The Morgan fingerprint density at radius 3 is 2.72 bits per heavy atom. The zero-order chi connectivity index (χ0) is 17.6. The molecule has 0 spiro atoms. The van der Waals surface area contributed by atoms with E-state index in [4.69, 9.17) is 5.10 Å². The summed E-state index contributed by atoms with van der Waals surface area (Å²) in [5.74, 6) is 2.53. The number of carbonyl (C=O) groups excluding carboxylic acids is 1. The molecule has 25 heavy (non-hydrogen) atoms. The second-order valence-electron chi connectivity index (χ2n) is 6.41. The van der Waals surface area contributed by atoms with Crippen molar-refractivity contribution in [3.63, 3.8) is 0 Å². The molecule has 0 atom stereocenters. The van der Waals surface area contributed by atoms with Crippen LogP contribution >= 0.6 is 23.1 Å². The number of hydrogen-bond donors (Lipinski definition) is 1. The van der Waals surface area contributed by atoms with Crippen LogP contribution in [-0.2, 0) is 11.5 Å². The fourth-order valence-electron chi connectivity index (χ4n) is 3.08. The van der Waals surface area contributed by atoms with Gasteiger partial charge in [0.15, 0.2) is 0 Å². The third-order valence-corrected chi connectivity index (χ3v) is 6.34. The van der Waals surface area contributed by atoms with Crippen LogP contribution in [0.5, 0.6) is 0 Å². The van der Waals surface area contributed by atoms with Crippen LogP contribution in [0.2, 0.25) is 0 Å². The first-order valence-electron chi connectivity index (χ1n) is 8.15. The lowest BCUT2D eigenvalue weighted by Crippen LogP contribution is -2.15. The van der Waals surface area contributed by atoms with Gasteiger partial charge in [0.25, 0.3) is 5.91 Å². The third kappa shape index (κ3) is 3.00. The summed E-state index contributed by atoms with van der Waals surface area (Å²) in [6.07, 6.45) is 0. The minimum atomic E-state index is -0.0660. The molecule has 1 N–H and O–H groups in total. The summed E-state index contributed by atoms with van der Waals surface area (Å²) in [4.78, 5) is 13.4. The Morgan fingerprint density at radius 1 is 1.16 bits per heavy atom. The zero-order valence-corrected chi connectivity index (χ0v) is 16.1. The number of rotatable bonds is 3. The number of carbonyl (C=O) groups is 1. The van der Waals surface area contributed by atoms with Crippen molar-refractivity contribution in [2.24, 2.45) is 0 Å². The van der Waals surface area contributed by atoms with Crippen molar-refractivity contribution in [1.29, 1.82) is 0 Å². The molecule has 4 rings (SSSR count). The van der Waals surface area contributed by atoms with Crippen molar-refractivity contribution < 1.29 is 4.79 Å². The Morgan fingerprint density at radius 2 is 2.00 bits per heavy atom. The van der Waals surface area contributed by atoms with Gasteiger partial charge in [-0.1, -0.05) is 17.7 Å². The van der Waals surface area contributed by atoms with E-state index in [0.29, 0.717) is 0 Å². The highest BCUT2D eigenvalue weighted by Gasteiger charge is 2.25. The highest BCUT2D eigenvalue weighted by Crippen LogP contribution is 2.37. The molecule has 1 aromatic carbocycles. The molecule has 2 aromatic heterocycles. The zero-order valence-electron chi connectivity index (χ0n) is 14.4. The summed E-state index contributed by atoms with van der Waals surface area (Å²) < 4.78 is 1.90. The Kier molecular flexibility index (Phi) is 4.17. The molecule has 0 bridgehead atoms. The lowest BCUT2D eigenvalue weighted by Gasteiger charge is -2.13. The summed E-state index contributed by atoms with van der Waals surface area (Å²) in [6.45, 7) is 6.16. The number of amides is 1. The number of thiophene rings is 1. The van der Waals surface area contributed by atoms with Crippen LogP contribution < -0.4 is 5.32 Å². The normalized spacial score (nSPS) is 13.1. The SMILES string of the molecule is Cc1csc(C(=O)Nc2c3c(nn2-c2ccc(C)cc2C)CSC3)c1. The molecular formula is C19H19N3OS2. The number of benzene rings is 1. The second-order valence-corrected chi connectivity index (χ2v) is 8.31. The monoisotopic (exact) mass is 369 g/mol. The van der Waals surface area contributed by atoms with E-state index in [1.165, 1.54) is 16.9 Å². The van der Waals surface area contributed by atoms with Crippen LogP contribution in [0.25, 0.3) is 5.69 Å². The molecule has 3 heterocycles. The van der Waals surface area contributed by atoms with Gasteiger partial charge in [0.1, 0.15) is 5.82 Å². The van der Waals surface area contributed by atoms with E-state index < -0.39 is 0 Å². The summed E-state index contributed by atoms with van der Waals surface area (Å²) >= 11 is 3.31. The molecule has 1 amide bonds. The van der Waals surface area contributed by atoms with E-state index in [1.54, 1.807) is 0 Å². The van der Waals surface area contributed by atoms with Crippen LogP contribution in [0.15, 0.2) is 29.6 Å². The summed E-state index contributed by atoms with van der Waals surface area (Å²) in [5, 5.41) is 9.90. The average molecular weight is 370 g/mol. The first kappa shape index (κ1) is 16.4. The number of hydrogen-bond acceptors (Lipinski definition) is 4. The largest absolute Gasteiger partial charge is 0.305 e. The van der Waals surface area contributed by atoms with Crippen LogP contribution in [0, 0.1) is 20.8 Å². The highest BCUT2D eigenvalue weighted by atomic mass is 32.2. The van der Waals surface area contributed by atoms with Crippen molar-refractivity contribution in [2.45, 2.75) is 32.3 Å². The van der Waals surface area contributed by atoms with Crippen LogP contribution in [-0.4, -0.2) is 15.7 Å². The Hall–Kier alpha value is -2.05. The predicted octanol–water partition coefficient (Wildman–Crippen LogP) is 4.86. The van der Waals surface area contributed by atoms with E-state index in [0.717, 1.165) is 50.3 Å². The van der Waals surface area contributed by atoms with E-state index in [2.05, 4.69) is 37.4 Å². The summed E-state index contributed by atoms with van der Waals surface area (Å²) in [6, 6.07) is 8.22. The lowest BCUT2D eigenvalue weighted by atomic mass is 10.1. The highest BCUT2D eigenvalue weighted by molar-refractivity contribution is 7.98. The fraction of sp³-hybridized carbons (Fsp3) is 0.263. The summed E-state index contributed by atoms with van der Waals surface area (Å²) in [7, 11) is 0. The van der Waals surface area contributed by atoms with Crippen molar-refractivity contribution in [3.05, 3.63) is 62.5 Å². The Balaban J connectivity index is 1.77. The van der Waals surface area contributed by atoms with Gasteiger partial charge in [0.05, 0.1) is 16.3 Å². The van der Waals surface area contributed by atoms with E-state index in [1.807, 2.05) is 34.8 Å². The Labute approximate surface area is 155 Å². The number of nitrogens with zero attached hydrogens (tertiary/aromatic N) is 2. The topological polar surface area (TPSA) is 46.9 Å². The molecule has 1 aliphatic heterocycles. The molecule has 4 nitrogen and oxygen atoms in total. The summed E-state index contributed by atoms with van der Waals surface area (Å²) in [5.41, 5.74) is 6.71. The van der Waals surface area contributed by atoms with Crippen molar-refractivity contribution in [3.8, 4) is 5.69 Å². The molecule has 3 aromatic rings. The van der Waals surface area contributed by atoms with Crippen LogP contribution in [0.1, 0.15) is 37.6 Å². The number of aromatic nitrogens is 2. The van der Waals surface area contributed by atoms with Gasteiger partial charge in [-0.3, -0.25) is 4.79 Å². The van der Waals surface area contributed by atoms with Gasteiger partial charge in [-0.05, 0) is 49.4 Å². The number of nitrogens with one attached hydrogen (secondary N) is 1. The van der Waals surface area contributed by atoms with Gasteiger partial charge in [0, 0.05) is 17.1 Å². The van der Waals surface area contributed by atoms with E-state index >= 15 is 0 Å². The minimum Gasteiger partial charge on any atom is -0.305 e. The molecule has 0 radical (unpaired) electrons. The maximum atomic E-state index is 12.7. The van der Waals surface area contributed by atoms with Crippen molar-refractivity contribution in [2.75, 3.05) is 5.32 Å². The molecule has 0 saturated carbocycles. The van der Waals surface area contributed by atoms with Gasteiger partial charge < -0.3 is 5.32 Å². The number of aryl methyl sites for hydroxylation is 3. The van der Waals surface area contributed by atoms with Crippen LogP contribution in [0.3, 0.4) is 0 Å². The van der Waals surface area contributed by atoms with Gasteiger partial charge >= 0.3 is 0 Å². The first-order chi connectivity index (χ1) is 12.0. The molecule has 6 heteroatoms. The maximum absolute atomic E-state index is 12.7. The third-order valence-electron chi connectivity index (χ3n) is 4.32. The van der Waals surface area contributed by atoms with Crippen molar-refractivity contribution >= 4 is 34.8 Å². The lowest BCUT2D eigenvalue weighted by molar-refractivity contribution is 0.102. The second kappa shape index (κ2) is 6.35. The molecule has 0 unspecified atom stereocenters. The van der Waals surface area contributed by atoms with Crippen molar-refractivity contribution in [1.82, 2.24) is 9.78 Å². The standard InChI is InChI=1S/C19H19N3OS2/c1-11-4-5-16(13(3)6-11)22-18(14-9-24-10-15(14)21-22)20-19(23)17-7-12(2)8-25-17/h4-8H,9-10H2,1-3H3,(H,20,23). The van der Waals surface area contributed by atoms with Gasteiger partial charge in [-0.15, -0.1) is 11.3 Å². The van der Waals surface area contributed by atoms with E-state index in [9.17, 15) is 4.79 Å². The fourth-order valence-corrected chi connectivity index (χ4v) is 4.91. The van der Waals surface area contributed by atoms with Crippen LogP contribution in [0.4, 0.5) is 5.82 Å². The molecule has 0 fully saturated rings. The number of thioether (sulfide) groups is 1. The van der Waals surface area contributed by atoms with E-state index in [-0.39, 0.29) is 5.91 Å². The molecule has 0 aliphatic carbocycles. The first-order valence-corrected chi connectivity index (χ1v) is 10.2. The predicted molar refractivity (Wildman–Crippen MR) is 105 cm³/mol.